The second-order valence-corrected chi connectivity index (χ2v) is 7.42. The molecule has 106 valence electrons. The lowest BCUT2D eigenvalue weighted by atomic mass is 9.69. The van der Waals surface area contributed by atoms with Crippen LogP contribution >= 0.6 is 0 Å². The SMILES string of the molecule is CS(=O)(=O)c1cccc(C2(CN)CCCCC2)c1F. The molecule has 1 aliphatic carbocycles. The molecule has 2 rings (SSSR count). The predicted molar refractivity (Wildman–Crippen MR) is 73.3 cm³/mol. The standard InChI is InChI=1S/C14H20FNO2S/c1-19(17,18)12-7-5-6-11(13(12)15)14(10-16)8-3-2-4-9-14/h5-7H,2-4,8-10,16H2,1H3. The van der Waals surface area contributed by atoms with Crippen molar-refractivity contribution >= 4 is 9.84 Å². The van der Waals surface area contributed by atoms with E-state index in [4.69, 9.17) is 5.73 Å². The van der Waals surface area contributed by atoms with Gasteiger partial charge in [0.05, 0.1) is 0 Å². The van der Waals surface area contributed by atoms with Crippen LogP contribution in [0.15, 0.2) is 23.1 Å². The third-order valence-corrected chi connectivity index (χ3v) is 5.25. The number of hydrogen-bond acceptors (Lipinski definition) is 3. The molecule has 0 aliphatic heterocycles. The molecule has 0 saturated heterocycles. The maximum atomic E-state index is 14.6. The summed E-state index contributed by atoms with van der Waals surface area (Å²) in [5, 5.41) is 0. The molecular formula is C14H20FNO2S. The minimum Gasteiger partial charge on any atom is -0.330 e. The number of halogens is 1. The second kappa shape index (κ2) is 5.21. The highest BCUT2D eigenvalue weighted by molar-refractivity contribution is 7.90. The van der Waals surface area contributed by atoms with E-state index in [1.165, 1.54) is 6.07 Å². The lowest BCUT2D eigenvalue weighted by Gasteiger charge is -2.37. The highest BCUT2D eigenvalue weighted by Crippen LogP contribution is 2.40. The summed E-state index contributed by atoms with van der Waals surface area (Å²) in [4.78, 5) is -0.219. The quantitative estimate of drug-likeness (QED) is 0.927. The highest BCUT2D eigenvalue weighted by atomic mass is 32.2. The topological polar surface area (TPSA) is 60.2 Å². The van der Waals surface area contributed by atoms with Crippen LogP contribution in [0.1, 0.15) is 37.7 Å². The summed E-state index contributed by atoms with van der Waals surface area (Å²) in [6, 6.07) is 4.62. The van der Waals surface area contributed by atoms with Gasteiger partial charge in [-0.05, 0) is 24.5 Å². The van der Waals surface area contributed by atoms with Crippen molar-refractivity contribution < 1.29 is 12.8 Å². The van der Waals surface area contributed by atoms with E-state index in [0.717, 1.165) is 38.4 Å². The van der Waals surface area contributed by atoms with Crippen molar-refractivity contribution in [2.45, 2.75) is 42.4 Å². The molecule has 1 aromatic carbocycles. The first-order chi connectivity index (χ1) is 8.91. The van der Waals surface area contributed by atoms with Gasteiger partial charge in [0.1, 0.15) is 10.7 Å². The molecular weight excluding hydrogens is 265 g/mol. The largest absolute Gasteiger partial charge is 0.330 e. The zero-order chi connectivity index (χ0) is 14.1. The normalized spacial score (nSPS) is 19.3. The minimum atomic E-state index is -3.55. The lowest BCUT2D eigenvalue weighted by molar-refractivity contribution is 0.290. The minimum absolute atomic E-state index is 0.219. The lowest BCUT2D eigenvalue weighted by Crippen LogP contribution is -2.38. The van der Waals surface area contributed by atoms with Crippen molar-refractivity contribution in [3.05, 3.63) is 29.6 Å². The molecule has 2 N–H and O–H groups in total. The van der Waals surface area contributed by atoms with E-state index in [9.17, 15) is 12.8 Å². The van der Waals surface area contributed by atoms with Gasteiger partial charge in [-0.1, -0.05) is 31.4 Å². The Bertz CT molecular complexity index is 563. The van der Waals surface area contributed by atoms with E-state index >= 15 is 0 Å². The Morgan fingerprint density at radius 1 is 1.26 bits per heavy atom. The van der Waals surface area contributed by atoms with Crippen LogP contribution in [0.4, 0.5) is 4.39 Å². The summed E-state index contributed by atoms with van der Waals surface area (Å²) < 4.78 is 37.8. The number of rotatable bonds is 3. The van der Waals surface area contributed by atoms with Gasteiger partial charge in [-0.2, -0.15) is 0 Å². The fourth-order valence-corrected chi connectivity index (χ4v) is 3.78. The van der Waals surface area contributed by atoms with E-state index in [2.05, 4.69) is 0 Å². The van der Waals surface area contributed by atoms with Crippen molar-refractivity contribution in [1.82, 2.24) is 0 Å². The van der Waals surface area contributed by atoms with Gasteiger partial charge in [-0.3, -0.25) is 0 Å². The van der Waals surface area contributed by atoms with Crippen molar-refractivity contribution in [3.8, 4) is 0 Å². The first-order valence-electron chi connectivity index (χ1n) is 6.60. The molecule has 0 amide bonds. The van der Waals surface area contributed by atoms with Crippen molar-refractivity contribution in [1.29, 1.82) is 0 Å². The molecule has 0 unspecified atom stereocenters. The average molecular weight is 285 g/mol. The molecule has 1 saturated carbocycles. The van der Waals surface area contributed by atoms with Crippen LogP contribution in [-0.4, -0.2) is 21.2 Å². The Morgan fingerprint density at radius 3 is 2.42 bits per heavy atom. The monoisotopic (exact) mass is 285 g/mol. The van der Waals surface area contributed by atoms with Gasteiger partial charge < -0.3 is 5.73 Å². The Morgan fingerprint density at radius 2 is 1.89 bits per heavy atom. The smallest absolute Gasteiger partial charge is 0.178 e. The molecule has 5 heteroatoms. The molecule has 0 radical (unpaired) electrons. The molecule has 19 heavy (non-hydrogen) atoms. The summed E-state index contributed by atoms with van der Waals surface area (Å²) in [7, 11) is -3.55. The van der Waals surface area contributed by atoms with Gasteiger partial charge >= 0.3 is 0 Å². The molecule has 1 fully saturated rings. The molecule has 1 aromatic rings. The Hall–Kier alpha value is -0.940. The zero-order valence-corrected chi connectivity index (χ0v) is 12.0. The zero-order valence-electron chi connectivity index (χ0n) is 11.2. The molecule has 0 bridgehead atoms. The Balaban J connectivity index is 2.56. The van der Waals surface area contributed by atoms with E-state index in [0.29, 0.717) is 12.1 Å². The summed E-state index contributed by atoms with van der Waals surface area (Å²) >= 11 is 0. The molecule has 0 atom stereocenters. The number of hydrogen-bond donors (Lipinski definition) is 1. The van der Waals surface area contributed by atoms with Crippen LogP contribution in [-0.2, 0) is 15.3 Å². The van der Waals surface area contributed by atoms with E-state index in [1.54, 1.807) is 12.1 Å². The summed E-state index contributed by atoms with van der Waals surface area (Å²) in [6.07, 6.45) is 5.85. The van der Waals surface area contributed by atoms with Crippen LogP contribution in [0.25, 0.3) is 0 Å². The van der Waals surface area contributed by atoms with Crippen molar-refractivity contribution in [2.24, 2.45) is 5.73 Å². The summed E-state index contributed by atoms with van der Waals surface area (Å²) in [5.74, 6) is -0.614. The first-order valence-corrected chi connectivity index (χ1v) is 8.49. The average Bonchev–Trinajstić information content (AvgIpc) is 2.38. The van der Waals surface area contributed by atoms with Gasteiger partial charge in [0.15, 0.2) is 9.84 Å². The van der Waals surface area contributed by atoms with Gasteiger partial charge in [0.2, 0.25) is 0 Å². The van der Waals surface area contributed by atoms with Gasteiger partial charge in [0, 0.05) is 18.2 Å². The van der Waals surface area contributed by atoms with Crippen LogP contribution in [0.5, 0.6) is 0 Å². The first kappa shape index (κ1) is 14.5. The maximum Gasteiger partial charge on any atom is 0.178 e. The summed E-state index contributed by atoms with van der Waals surface area (Å²) in [5.41, 5.74) is 5.95. The third kappa shape index (κ3) is 2.67. The maximum absolute atomic E-state index is 14.6. The number of nitrogens with two attached hydrogens (primary N) is 1. The predicted octanol–water partition coefficient (Wildman–Crippen LogP) is 2.39. The summed E-state index contributed by atoms with van der Waals surface area (Å²) in [6.45, 7) is 0.358. The number of benzene rings is 1. The third-order valence-electron chi connectivity index (χ3n) is 4.14. The van der Waals surface area contributed by atoms with Gasteiger partial charge in [0.25, 0.3) is 0 Å². The van der Waals surface area contributed by atoms with Gasteiger partial charge in [-0.25, -0.2) is 12.8 Å². The van der Waals surface area contributed by atoms with Crippen LogP contribution < -0.4 is 5.73 Å². The fraction of sp³-hybridized carbons (Fsp3) is 0.571. The Kier molecular flexibility index (Phi) is 3.97. The molecule has 0 spiro atoms. The van der Waals surface area contributed by atoms with Crippen LogP contribution in [0, 0.1) is 5.82 Å². The molecule has 0 aromatic heterocycles. The van der Waals surface area contributed by atoms with Gasteiger partial charge in [-0.15, -0.1) is 0 Å². The van der Waals surface area contributed by atoms with E-state index in [1.807, 2.05) is 0 Å². The van der Waals surface area contributed by atoms with E-state index < -0.39 is 21.1 Å². The number of sulfone groups is 1. The molecule has 3 nitrogen and oxygen atoms in total. The van der Waals surface area contributed by atoms with Crippen LogP contribution in [0.2, 0.25) is 0 Å². The fourth-order valence-electron chi connectivity index (χ4n) is 3.02. The van der Waals surface area contributed by atoms with E-state index in [-0.39, 0.29) is 4.90 Å². The Labute approximate surface area is 113 Å². The van der Waals surface area contributed by atoms with Crippen molar-refractivity contribution in [2.75, 3.05) is 12.8 Å². The van der Waals surface area contributed by atoms with Crippen molar-refractivity contribution in [3.63, 3.8) is 0 Å². The molecule has 0 heterocycles. The second-order valence-electron chi connectivity index (χ2n) is 5.43. The molecule has 1 aliphatic rings. The van der Waals surface area contributed by atoms with Crippen LogP contribution in [0.3, 0.4) is 0 Å². The highest BCUT2D eigenvalue weighted by Gasteiger charge is 2.36.